The van der Waals surface area contributed by atoms with Crippen molar-refractivity contribution in [2.24, 2.45) is 11.3 Å². The summed E-state index contributed by atoms with van der Waals surface area (Å²) in [6.07, 6.45) is 8.20. The van der Waals surface area contributed by atoms with Crippen molar-refractivity contribution in [1.82, 2.24) is 0 Å². The van der Waals surface area contributed by atoms with Gasteiger partial charge in [-0.05, 0) is 24.2 Å². The molecule has 1 aliphatic rings. The van der Waals surface area contributed by atoms with Crippen molar-refractivity contribution in [2.75, 3.05) is 0 Å². The molecule has 0 nitrogen and oxygen atoms in total. The van der Waals surface area contributed by atoms with Gasteiger partial charge in [-0.2, -0.15) is 0 Å². The molecule has 1 rings (SSSR count). The van der Waals surface area contributed by atoms with Crippen molar-refractivity contribution in [3.05, 3.63) is 18.6 Å². The Hall–Kier alpha value is -0.260. The molecule has 0 spiro atoms. The minimum Gasteiger partial charge on any atom is -0.0877 e. The van der Waals surface area contributed by atoms with Crippen molar-refractivity contribution >= 4 is 0 Å². The van der Waals surface area contributed by atoms with E-state index in [1.54, 1.807) is 0 Å². The van der Waals surface area contributed by atoms with E-state index in [1.807, 2.05) is 0 Å². The first-order valence-corrected chi connectivity index (χ1v) is 3.64. The number of allylic oxidation sites excluding steroid dienone is 2. The molecule has 0 saturated carbocycles. The maximum atomic E-state index is 2.41. The summed E-state index contributed by atoms with van der Waals surface area (Å²) in [5, 5.41) is 0. The van der Waals surface area contributed by atoms with Crippen LogP contribution in [-0.2, 0) is 0 Å². The van der Waals surface area contributed by atoms with Crippen LogP contribution in [0.4, 0.5) is 0 Å². The molecule has 0 saturated heterocycles. The highest BCUT2D eigenvalue weighted by Gasteiger charge is 2.20. The predicted octanol–water partition coefficient (Wildman–Crippen LogP) is 2.81. The summed E-state index contributed by atoms with van der Waals surface area (Å²) in [6.45, 7) is 6.77. The maximum absolute atomic E-state index is 2.41. The van der Waals surface area contributed by atoms with Gasteiger partial charge in [-0.25, -0.2) is 0 Å². The van der Waals surface area contributed by atoms with Crippen LogP contribution in [0.2, 0.25) is 0 Å². The first-order chi connectivity index (χ1) is 4.10. The fraction of sp³-hybridized carbons (Fsp3) is 0.667. The summed E-state index contributed by atoms with van der Waals surface area (Å²) in [5.41, 5.74) is 0.345. The largest absolute Gasteiger partial charge is 0.0877 e. The van der Waals surface area contributed by atoms with Crippen LogP contribution < -0.4 is 0 Å². The lowest BCUT2D eigenvalue weighted by Gasteiger charge is -2.27. The second-order valence-electron chi connectivity index (χ2n) is 3.60. The number of hydrogen-bond donors (Lipinski definition) is 0. The van der Waals surface area contributed by atoms with Crippen molar-refractivity contribution in [2.45, 2.75) is 27.2 Å². The first-order valence-electron chi connectivity index (χ1n) is 3.64. The molecule has 0 fully saturated rings. The van der Waals surface area contributed by atoms with Crippen LogP contribution in [0, 0.1) is 17.8 Å². The molecule has 1 radical (unpaired) electrons. The van der Waals surface area contributed by atoms with Gasteiger partial charge in [0, 0.05) is 0 Å². The predicted molar refractivity (Wildman–Crippen MR) is 41.0 cm³/mol. The lowest BCUT2D eigenvalue weighted by molar-refractivity contribution is 0.453. The summed E-state index contributed by atoms with van der Waals surface area (Å²) < 4.78 is 0. The lowest BCUT2D eigenvalue weighted by atomic mass is 9.78. The molecular formula is C9H15. The van der Waals surface area contributed by atoms with E-state index in [9.17, 15) is 0 Å². The second-order valence-corrected chi connectivity index (χ2v) is 3.60. The molecule has 0 bridgehead atoms. The molecule has 0 aromatic rings. The highest BCUT2D eigenvalue weighted by Crippen LogP contribution is 2.31. The van der Waals surface area contributed by atoms with Crippen LogP contribution in [0.3, 0.4) is 0 Å². The quantitative estimate of drug-likeness (QED) is 0.434. The van der Waals surface area contributed by atoms with E-state index in [0.717, 1.165) is 5.92 Å². The molecule has 0 amide bonds. The standard InChI is InChI=1S/C9H15/c1-8-5-4-6-9(2,3)7-8/h4,6-8H,5H2,1-3H3. The fourth-order valence-electron chi connectivity index (χ4n) is 1.44. The van der Waals surface area contributed by atoms with Gasteiger partial charge in [0.1, 0.15) is 0 Å². The molecule has 0 heteroatoms. The van der Waals surface area contributed by atoms with E-state index in [2.05, 4.69) is 39.3 Å². The molecular weight excluding hydrogens is 108 g/mol. The van der Waals surface area contributed by atoms with Gasteiger partial charge >= 0.3 is 0 Å². The van der Waals surface area contributed by atoms with E-state index in [-0.39, 0.29) is 0 Å². The van der Waals surface area contributed by atoms with Gasteiger partial charge in [-0.3, -0.25) is 0 Å². The van der Waals surface area contributed by atoms with E-state index in [4.69, 9.17) is 0 Å². The van der Waals surface area contributed by atoms with E-state index in [1.165, 1.54) is 6.42 Å². The third kappa shape index (κ3) is 1.85. The summed E-state index contributed by atoms with van der Waals surface area (Å²) >= 11 is 0. The van der Waals surface area contributed by atoms with Gasteiger partial charge in [-0.15, -0.1) is 0 Å². The van der Waals surface area contributed by atoms with Crippen LogP contribution in [0.1, 0.15) is 27.2 Å². The minimum absolute atomic E-state index is 0.345. The summed E-state index contributed by atoms with van der Waals surface area (Å²) in [4.78, 5) is 0. The normalized spacial score (nSPS) is 32.6. The molecule has 51 valence electrons. The Morgan fingerprint density at radius 1 is 1.44 bits per heavy atom. The Morgan fingerprint density at radius 3 is 2.44 bits per heavy atom. The molecule has 0 heterocycles. The molecule has 0 aliphatic heterocycles. The number of rotatable bonds is 0. The van der Waals surface area contributed by atoms with Gasteiger partial charge in [0.05, 0.1) is 0 Å². The Bertz CT molecular complexity index is 120. The SMILES string of the molecule is CC1[CH]C(C)(C)C=CC1. The van der Waals surface area contributed by atoms with E-state index >= 15 is 0 Å². The van der Waals surface area contributed by atoms with Crippen LogP contribution in [-0.4, -0.2) is 0 Å². The zero-order chi connectivity index (χ0) is 6.91. The molecule has 1 atom stereocenters. The lowest BCUT2D eigenvalue weighted by Crippen LogP contribution is -2.16. The Balaban J connectivity index is 2.60. The van der Waals surface area contributed by atoms with Crippen LogP contribution in [0.15, 0.2) is 12.2 Å². The van der Waals surface area contributed by atoms with Gasteiger partial charge in [0.15, 0.2) is 0 Å². The van der Waals surface area contributed by atoms with Gasteiger partial charge in [0.25, 0.3) is 0 Å². The Kier molecular flexibility index (Phi) is 1.65. The van der Waals surface area contributed by atoms with Gasteiger partial charge in [-0.1, -0.05) is 32.9 Å². The highest BCUT2D eigenvalue weighted by molar-refractivity contribution is 5.09. The Labute approximate surface area is 58.0 Å². The fourth-order valence-corrected chi connectivity index (χ4v) is 1.44. The third-order valence-electron chi connectivity index (χ3n) is 1.77. The average Bonchev–Trinajstić information content (AvgIpc) is 1.60. The van der Waals surface area contributed by atoms with Crippen molar-refractivity contribution in [1.29, 1.82) is 0 Å². The second kappa shape index (κ2) is 2.17. The molecule has 1 aliphatic carbocycles. The summed E-state index contributed by atoms with van der Waals surface area (Å²) in [7, 11) is 0. The van der Waals surface area contributed by atoms with Crippen molar-refractivity contribution in [3.63, 3.8) is 0 Å². The molecule has 9 heavy (non-hydrogen) atoms. The molecule has 0 aromatic carbocycles. The Morgan fingerprint density at radius 2 is 2.11 bits per heavy atom. The van der Waals surface area contributed by atoms with Crippen LogP contribution >= 0.6 is 0 Å². The van der Waals surface area contributed by atoms with Crippen molar-refractivity contribution < 1.29 is 0 Å². The number of hydrogen-bond acceptors (Lipinski definition) is 0. The zero-order valence-electron chi connectivity index (χ0n) is 6.52. The smallest absolute Gasteiger partial charge is 0.0141 e. The molecule has 0 N–H and O–H groups in total. The van der Waals surface area contributed by atoms with Gasteiger partial charge in [0.2, 0.25) is 0 Å². The average molecular weight is 123 g/mol. The minimum atomic E-state index is 0.345. The van der Waals surface area contributed by atoms with E-state index in [0.29, 0.717) is 5.41 Å². The topological polar surface area (TPSA) is 0 Å². The van der Waals surface area contributed by atoms with Crippen LogP contribution in [0.5, 0.6) is 0 Å². The molecule has 1 unspecified atom stereocenters. The van der Waals surface area contributed by atoms with E-state index < -0.39 is 0 Å². The van der Waals surface area contributed by atoms with Gasteiger partial charge < -0.3 is 0 Å². The first kappa shape index (κ1) is 6.85. The highest BCUT2D eigenvalue weighted by atomic mass is 14.2. The molecule has 0 aromatic heterocycles. The van der Waals surface area contributed by atoms with Crippen LogP contribution in [0.25, 0.3) is 0 Å². The monoisotopic (exact) mass is 123 g/mol. The summed E-state index contributed by atoms with van der Waals surface area (Å²) in [6, 6.07) is 0. The maximum Gasteiger partial charge on any atom is -0.0141 e. The zero-order valence-corrected chi connectivity index (χ0v) is 6.52. The van der Waals surface area contributed by atoms with Crippen molar-refractivity contribution in [3.8, 4) is 0 Å². The third-order valence-corrected chi connectivity index (χ3v) is 1.77. The summed E-state index contributed by atoms with van der Waals surface area (Å²) in [5.74, 6) is 0.769.